The number of nitrogens with zero attached hydrogens (tertiary/aromatic N) is 2. The van der Waals surface area contributed by atoms with Gasteiger partial charge in [0.15, 0.2) is 0 Å². The summed E-state index contributed by atoms with van der Waals surface area (Å²) in [6.07, 6.45) is 6.61. The number of carboxylic acid groups (broad SMARTS) is 1. The van der Waals surface area contributed by atoms with Crippen LogP contribution in [0.4, 0.5) is 0 Å². The molecular formula is C13H22N2O3. The maximum Gasteiger partial charge on any atom is 0.317 e. The second kappa shape index (κ2) is 6.18. The first kappa shape index (κ1) is 13.3. The van der Waals surface area contributed by atoms with E-state index in [1.807, 2.05) is 9.80 Å². The Bertz CT molecular complexity index is 307. The Morgan fingerprint density at radius 3 is 2.17 bits per heavy atom. The molecule has 0 radical (unpaired) electrons. The molecule has 102 valence electrons. The second-order valence-electron chi connectivity index (χ2n) is 5.32. The number of hydrogen-bond acceptors (Lipinski definition) is 3. The van der Waals surface area contributed by atoms with Crippen LogP contribution in [-0.4, -0.2) is 59.0 Å². The second-order valence-corrected chi connectivity index (χ2v) is 5.32. The van der Waals surface area contributed by atoms with Crippen LogP contribution in [0.1, 0.15) is 38.5 Å². The van der Waals surface area contributed by atoms with Crippen molar-refractivity contribution in [1.29, 1.82) is 0 Å². The monoisotopic (exact) mass is 254 g/mol. The Balaban J connectivity index is 1.85. The lowest BCUT2D eigenvalue weighted by molar-refractivity contribution is -0.140. The number of carbonyl (C=O) groups excluding carboxylic acids is 1. The maximum atomic E-state index is 12.2. The molecule has 5 heteroatoms. The molecule has 1 saturated heterocycles. The number of carbonyl (C=O) groups is 2. The quantitative estimate of drug-likeness (QED) is 0.793. The van der Waals surface area contributed by atoms with Crippen molar-refractivity contribution in [3.63, 3.8) is 0 Å². The van der Waals surface area contributed by atoms with E-state index in [4.69, 9.17) is 5.11 Å². The van der Waals surface area contributed by atoms with E-state index in [0.29, 0.717) is 6.04 Å². The highest BCUT2D eigenvalue weighted by Crippen LogP contribution is 2.26. The zero-order valence-electron chi connectivity index (χ0n) is 10.8. The van der Waals surface area contributed by atoms with E-state index < -0.39 is 5.97 Å². The Hall–Kier alpha value is -1.10. The van der Waals surface area contributed by atoms with Gasteiger partial charge in [0.25, 0.3) is 0 Å². The molecule has 1 saturated carbocycles. The number of aliphatic carboxylic acids is 1. The smallest absolute Gasteiger partial charge is 0.317 e. The van der Waals surface area contributed by atoms with Crippen LogP contribution in [0, 0.1) is 0 Å². The Kier molecular flexibility index (Phi) is 4.58. The van der Waals surface area contributed by atoms with Crippen molar-refractivity contribution in [2.75, 3.05) is 26.2 Å². The first-order valence-corrected chi connectivity index (χ1v) is 6.90. The minimum atomic E-state index is -0.842. The largest absolute Gasteiger partial charge is 0.480 e. The van der Waals surface area contributed by atoms with Crippen molar-refractivity contribution in [3.8, 4) is 0 Å². The van der Waals surface area contributed by atoms with Crippen molar-refractivity contribution in [2.45, 2.75) is 44.6 Å². The average Bonchev–Trinajstić information content (AvgIpc) is 3.15. The predicted octanol–water partition coefficient (Wildman–Crippen LogP) is 0.938. The molecule has 0 aromatic carbocycles. The minimum Gasteiger partial charge on any atom is -0.480 e. The summed E-state index contributed by atoms with van der Waals surface area (Å²) in [5.74, 6) is -0.740. The van der Waals surface area contributed by atoms with E-state index in [-0.39, 0.29) is 19.0 Å². The Morgan fingerprint density at radius 1 is 1.06 bits per heavy atom. The van der Waals surface area contributed by atoms with E-state index >= 15 is 0 Å². The van der Waals surface area contributed by atoms with Crippen LogP contribution in [0.5, 0.6) is 0 Å². The molecule has 0 aromatic heterocycles. The molecule has 0 aromatic rings. The van der Waals surface area contributed by atoms with Crippen LogP contribution in [0.3, 0.4) is 0 Å². The molecule has 2 rings (SSSR count). The molecule has 1 amide bonds. The van der Waals surface area contributed by atoms with Crippen LogP contribution in [-0.2, 0) is 9.59 Å². The maximum absolute atomic E-state index is 12.2. The van der Waals surface area contributed by atoms with Crippen LogP contribution in [0.2, 0.25) is 0 Å². The van der Waals surface area contributed by atoms with E-state index in [0.717, 1.165) is 38.8 Å². The van der Waals surface area contributed by atoms with E-state index in [9.17, 15) is 9.59 Å². The van der Waals surface area contributed by atoms with Gasteiger partial charge < -0.3 is 10.0 Å². The fourth-order valence-corrected chi connectivity index (χ4v) is 2.52. The number of hydrogen-bond donors (Lipinski definition) is 1. The highest BCUT2D eigenvalue weighted by atomic mass is 16.4. The minimum absolute atomic E-state index is 0.00968. The van der Waals surface area contributed by atoms with Gasteiger partial charge in [-0.2, -0.15) is 0 Å². The summed E-state index contributed by atoms with van der Waals surface area (Å²) in [6.45, 7) is 1.94. The van der Waals surface area contributed by atoms with Crippen molar-refractivity contribution in [1.82, 2.24) is 9.80 Å². The summed E-state index contributed by atoms with van der Waals surface area (Å²) in [5, 5.41) is 8.86. The highest BCUT2D eigenvalue weighted by molar-refractivity contribution is 5.79. The van der Waals surface area contributed by atoms with Gasteiger partial charge in [-0.15, -0.1) is 0 Å². The predicted molar refractivity (Wildman–Crippen MR) is 67.3 cm³/mol. The summed E-state index contributed by atoms with van der Waals surface area (Å²) >= 11 is 0. The Morgan fingerprint density at radius 2 is 1.67 bits per heavy atom. The van der Waals surface area contributed by atoms with Gasteiger partial charge in [-0.3, -0.25) is 14.5 Å². The van der Waals surface area contributed by atoms with Gasteiger partial charge in [0.05, 0.1) is 13.1 Å². The summed E-state index contributed by atoms with van der Waals surface area (Å²) in [7, 11) is 0. The van der Waals surface area contributed by atoms with Gasteiger partial charge in [0.1, 0.15) is 0 Å². The zero-order chi connectivity index (χ0) is 13.0. The number of carboxylic acids is 1. The first-order chi connectivity index (χ1) is 8.66. The van der Waals surface area contributed by atoms with Crippen LogP contribution < -0.4 is 0 Å². The molecule has 0 spiro atoms. The first-order valence-electron chi connectivity index (χ1n) is 6.90. The lowest BCUT2D eigenvalue weighted by atomic mass is 10.2. The summed E-state index contributed by atoms with van der Waals surface area (Å²) < 4.78 is 0. The van der Waals surface area contributed by atoms with E-state index in [1.54, 1.807) is 0 Å². The van der Waals surface area contributed by atoms with E-state index in [1.165, 1.54) is 12.8 Å². The fraction of sp³-hybridized carbons (Fsp3) is 0.846. The molecule has 2 aliphatic rings. The van der Waals surface area contributed by atoms with Gasteiger partial charge in [-0.05, 0) is 25.7 Å². The SMILES string of the molecule is O=C(O)CN(CC(=O)N1CCCCCC1)C1CC1. The lowest BCUT2D eigenvalue weighted by Crippen LogP contribution is -2.43. The van der Waals surface area contributed by atoms with Crippen molar-refractivity contribution < 1.29 is 14.7 Å². The molecule has 0 atom stereocenters. The van der Waals surface area contributed by atoms with Gasteiger partial charge >= 0.3 is 5.97 Å². The third-order valence-corrected chi connectivity index (χ3v) is 3.70. The molecule has 0 bridgehead atoms. The number of amides is 1. The lowest BCUT2D eigenvalue weighted by Gasteiger charge is -2.25. The molecule has 1 aliphatic heterocycles. The molecule has 1 aliphatic carbocycles. The highest BCUT2D eigenvalue weighted by Gasteiger charge is 2.32. The molecule has 1 N–H and O–H groups in total. The zero-order valence-corrected chi connectivity index (χ0v) is 10.8. The van der Waals surface area contributed by atoms with Gasteiger partial charge in [0.2, 0.25) is 5.91 Å². The Labute approximate surface area is 108 Å². The average molecular weight is 254 g/mol. The molecular weight excluding hydrogens is 232 g/mol. The normalized spacial score (nSPS) is 20.8. The van der Waals surface area contributed by atoms with Crippen LogP contribution in [0.25, 0.3) is 0 Å². The summed E-state index contributed by atoms with van der Waals surface area (Å²) in [5.41, 5.74) is 0. The number of rotatable bonds is 5. The van der Waals surface area contributed by atoms with Crippen molar-refractivity contribution >= 4 is 11.9 Å². The van der Waals surface area contributed by atoms with Gasteiger partial charge in [0, 0.05) is 19.1 Å². The summed E-state index contributed by atoms with van der Waals surface area (Å²) in [4.78, 5) is 26.7. The van der Waals surface area contributed by atoms with Gasteiger partial charge in [-0.1, -0.05) is 12.8 Å². The number of likely N-dealkylation sites (tertiary alicyclic amines) is 1. The van der Waals surface area contributed by atoms with Crippen molar-refractivity contribution in [2.24, 2.45) is 0 Å². The topological polar surface area (TPSA) is 60.9 Å². The molecule has 5 nitrogen and oxygen atoms in total. The van der Waals surface area contributed by atoms with Crippen LogP contribution in [0.15, 0.2) is 0 Å². The molecule has 0 unspecified atom stereocenters. The van der Waals surface area contributed by atoms with E-state index in [2.05, 4.69) is 0 Å². The fourth-order valence-electron chi connectivity index (χ4n) is 2.52. The third kappa shape index (κ3) is 3.98. The third-order valence-electron chi connectivity index (χ3n) is 3.70. The molecule has 1 heterocycles. The standard InChI is InChI=1S/C13H22N2O3/c16-12(14-7-3-1-2-4-8-14)9-15(10-13(17)18)11-5-6-11/h11H,1-10H2,(H,17,18). The molecule has 2 fully saturated rings. The summed E-state index contributed by atoms with van der Waals surface area (Å²) in [6, 6.07) is 0.317. The van der Waals surface area contributed by atoms with Crippen LogP contribution >= 0.6 is 0 Å². The molecule has 18 heavy (non-hydrogen) atoms. The van der Waals surface area contributed by atoms with Crippen molar-refractivity contribution in [3.05, 3.63) is 0 Å². The van der Waals surface area contributed by atoms with Gasteiger partial charge in [-0.25, -0.2) is 0 Å².